The van der Waals surface area contributed by atoms with Crippen molar-refractivity contribution < 1.29 is 14.3 Å². The molecule has 0 saturated carbocycles. The molecule has 1 N–H and O–H groups in total. The van der Waals surface area contributed by atoms with Crippen molar-refractivity contribution in [2.24, 2.45) is 0 Å². The Morgan fingerprint density at radius 1 is 1.31 bits per heavy atom. The predicted molar refractivity (Wildman–Crippen MR) is 118 cm³/mol. The number of amides is 2. The molecule has 1 aromatic carbocycles. The molecule has 156 valence electrons. The molecule has 2 rings (SSSR count). The first-order valence-electron chi connectivity index (χ1n) is 9.54. The molecule has 7 heteroatoms. The molecule has 0 aliphatic carbocycles. The molecule has 1 unspecified atom stereocenters. The molecule has 1 heterocycles. The highest BCUT2D eigenvalue weighted by molar-refractivity contribution is 6.31. The molecule has 1 saturated heterocycles. The number of benzene rings is 1. The molecule has 1 aliphatic rings. The molecule has 1 fully saturated rings. The third-order valence-electron chi connectivity index (χ3n) is 4.48. The summed E-state index contributed by atoms with van der Waals surface area (Å²) in [4.78, 5) is 26.2. The van der Waals surface area contributed by atoms with Crippen LogP contribution in [0.3, 0.4) is 0 Å². The van der Waals surface area contributed by atoms with Gasteiger partial charge in [0.05, 0.1) is 5.03 Å². The highest BCUT2D eigenvalue weighted by Crippen LogP contribution is 2.22. The molecule has 2 amide bonds. The van der Waals surface area contributed by atoms with Gasteiger partial charge < -0.3 is 15.0 Å². The minimum atomic E-state index is -0.687. The second kappa shape index (κ2) is 11.1. The lowest BCUT2D eigenvalue weighted by Gasteiger charge is -2.19. The fourth-order valence-electron chi connectivity index (χ4n) is 2.89. The number of carbonyl (C=O) groups is 2. The molecule has 0 aromatic heterocycles. The van der Waals surface area contributed by atoms with Crippen molar-refractivity contribution in [3.05, 3.63) is 64.4 Å². The number of hydrogen-bond acceptors (Lipinski definition) is 3. The summed E-state index contributed by atoms with van der Waals surface area (Å²) in [5.74, 6) is 0.286. The monoisotopic (exact) mass is 436 g/mol. The van der Waals surface area contributed by atoms with Crippen molar-refractivity contribution in [1.29, 1.82) is 0 Å². The normalized spacial score (nSPS) is 16.0. The van der Waals surface area contributed by atoms with Crippen molar-refractivity contribution in [3.63, 3.8) is 0 Å². The largest absolute Gasteiger partial charge is 0.479 e. The zero-order valence-corrected chi connectivity index (χ0v) is 18.2. The van der Waals surface area contributed by atoms with Crippen molar-refractivity contribution >= 4 is 40.7 Å². The van der Waals surface area contributed by atoms with Gasteiger partial charge in [-0.3, -0.25) is 9.59 Å². The van der Waals surface area contributed by atoms with Crippen LogP contribution < -0.4 is 10.2 Å². The topological polar surface area (TPSA) is 58.6 Å². The van der Waals surface area contributed by atoms with Crippen LogP contribution in [0, 0.1) is 0 Å². The summed E-state index contributed by atoms with van der Waals surface area (Å²) in [5.41, 5.74) is 1.82. The first kappa shape index (κ1) is 23.0. The SMILES string of the molecule is C=C(Cl)C=CC(OC(CC)C(=O)NCc1ccc(N2CCCC2=O)cc1)=C(C)Cl. The van der Waals surface area contributed by atoms with Crippen LogP contribution in [0.25, 0.3) is 0 Å². The van der Waals surface area contributed by atoms with E-state index in [1.54, 1.807) is 24.0 Å². The fourth-order valence-corrected chi connectivity index (χ4v) is 3.07. The lowest BCUT2D eigenvalue weighted by atomic mass is 10.2. The molecule has 1 atom stereocenters. The number of allylic oxidation sites excluding steroid dienone is 4. The van der Waals surface area contributed by atoms with E-state index in [0.29, 0.717) is 35.2 Å². The van der Waals surface area contributed by atoms with Crippen LogP contribution in [0.4, 0.5) is 5.69 Å². The van der Waals surface area contributed by atoms with Gasteiger partial charge in [0, 0.05) is 30.2 Å². The van der Waals surface area contributed by atoms with E-state index in [9.17, 15) is 9.59 Å². The maximum absolute atomic E-state index is 12.5. The number of carbonyl (C=O) groups excluding carboxylic acids is 2. The highest BCUT2D eigenvalue weighted by atomic mass is 35.5. The second-order valence-corrected chi connectivity index (χ2v) is 7.78. The number of rotatable bonds is 9. The molecular weight excluding hydrogens is 411 g/mol. The zero-order valence-electron chi connectivity index (χ0n) is 16.7. The average molecular weight is 437 g/mol. The number of halogens is 2. The summed E-state index contributed by atoms with van der Waals surface area (Å²) in [6.07, 6.45) is 4.43. The first-order valence-corrected chi connectivity index (χ1v) is 10.3. The number of nitrogens with zero attached hydrogens (tertiary/aromatic N) is 1. The van der Waals surface area contributed by atoms with Gasteiger partial charge in [-0.05, 0) is 49.6 Å². The van der Waals surface area contributed by atoms with E-state index in [4.69, 9.17) is 27.9 Å². The van der Waals surface area contributed by atoms with Gasteiger partial charge in [0.2, 0.25) is 5.91 Å². The summed E-state index contributed by atoms with van der Waals surface area (Å²) in [7, 11) is 0. The van der Waals surface area contributed by atoms with E-state index >= 15 is 0 Å². The molecule has 1 aromatic rings. The van der Waals surface area contributed by atoms with E-state index in [1.807, 2.05) is 31.2 Å². The smallest absolute Gasteiger partial charge is 0.261 e. The van der Waals surface area contributed by atoms with Crippen LogP contribution in [0.5, 0.6) is 0 Å². The molecule has 0 radical (unpaired) electrons. The molecule has 5 nitrogen and oxygen atoms in total. The number of anilines is 1. The van der Waals surface area contributed by atoms with E-state index in [-0.39, 0.29) is 11.8 Å². The van der Waals surface area contributed by atoms with Crippen LogP contribution in [0.2, 0.25) is 0 Å². The summed E-state index contributed by atoms with van der Waals surface area (Å²) in [6, 6.07) is 7.62. The Labute approximate surface area is 182 Å². The second-order valence-electron chi connectivity index (χ2n) is 6.73. The minimum Gasteiger partial charge on any atom is -0.479 e. The minimum absolute atomic E-state index is 0.152. The Balaban J connectivity index is 1.94. The lowest BCUT2D eigenvalue weighted by Crippen LogP contribution is -2.35. The van der Waals surface area contributed by atoms with Crippen LogP contribution in [-0.2, 0) is 20.9 Å². The van der Waals surface area contributed by atoms with Crippen LogP contribution in [-0.4, -0.2) is 24.5 Å². The fraction of sp³-hybridized carbons (Fsp3) is 0.364. The summed E-state index contributed by atoms with van der Waals surface area (Å²) in [5, 5.41) is 3.63. The molecular formula is C22H26Cl2N2O3. The Morgan fingerprint density at radius 3 is 2.52 bits per heavy atom. The summed E-state index contributed by atoms with van der Waals surface area (Å²) < 4.78 is 5.77. The van der Waals surface area contributed by atoms with Crippen LogP contribution in [0.15, 0.2) is 58.8 Å². The molecule has 29 heavy (non-hydrogen) atoms. The molecule has 0 spiro atoms. The molecule has 1 aliphatic heterocycles. The van der Waals surface area contributed by atoms with Crippen molar-refractivity contribution in [1.82, 2.24) is 5.32 Å². The van der Waals surface area contributed by atoms with Gasteiger partial charge in [0.25, 0.3) is 5.91 Å². The predicted octanol–water partition coefficient (Wildman–Crippen LogP) is 5.00. The van der Waals surface area contributed by atoms with Gasteiger partial charge in [-0.15, -0.1) is 0 Å². The lowest BCUT2D eigenvalue weighted by molar-refractivity contribution is -0.130. The Hall–Kier alpha value is -2.24. The van der Waals surface area contributed by atoms with Gasteiger partial charge in [-0.2, -0.15) is 0 Å². The zero-order chi connectivity index (χ0) is 21.4. The quantitative estimate of drug-likeness (QED) is 0.437. The Bertz CT molecular complexity index is 812. The van der Waals surface area contributed by atoms with Crippen LogP contribution in [0.1, 0.15) is 38.7 Å². The van der Waals surface area contributed by atoms with Crippen molar-refractivity contribution in [3.8, 4) is 0 Å². The highest BCUT2D eigenvalue weighted by Gasteiger charge is 2.22. The van der Waals surface area contributed by atoms with Gasteiger partial charge >= 0.3 is 0 Å². The van der Waals surface area contributed by atoms with E-state index < -0.39 is 6.10 Å². The van der Waals surface area contributed by atoms with Crippen LogP contribution >= 0.6 is 23.2 Å². The third-order valence-corrected chi connectivity index (χ3v) is 4.79. The first-order chi connectivity index (χ1) is 13.8. The van der Waals surface area contributed by atoms with Gasteiger partial charge in [-0.1, -0.05) is 48.8 Å². The van der Waals surface area contributed by atoms with E-state index in [0.717, 1.165) is 24.2 Å². The van der Waals surface area contributed by atoms with Gasteiger partial charge in [0.1, 0.15) is 5.76 Å². The number of ether oxygens (including phenoxy) is 1. The number of nitrogens with one attached hydrogen (secondary N) is 1. The van der Waals surface area contributed by atoms with E-state index in [1.165, 1.54) is 0 Å². The van der Waals surface area contributed by atoms with Gasteiger partial charge in [0.15, 0.2) is 6.10 Å². The Kier molecular flexibility index (Phi) is 8.80. The maximum Gasteiger partial charge on any atom is 0.261 e. The molecule has 0 bridgehead atoms. The average Bonchev–Trinajstić information content (AvgIpc) is 3.12. The van der Waals surface area contributed by atoms with Crippen molar-refractivity contribution in [2.75, 3.05) is 11.4 Å². The number of hydrogen-bond donors (Lipinski definition) is 1. The standard InChI is InChI=1S/C22H26Cl2N2O3/c1-4-19(29-20(16(3)24)12-7-15(2)23)22(28)25-14-17-8-10-18(11-9-17)26-13-5-6-21(26)27/h7-12,19H,2,4-6,13-14H2,1,3H3,(H,25,28). The third kappa shape index (κ3) is 6.94. The van der Waals surface area contributed by atoms with E-state index in [2.05, 4.69) is 11.9 Å². The maximum atomic E-state index is 12.5. The van der Waals surface area contributed by atoms with Crippen molar-refractivity contribution in [2.45, 2.75) is 45.8 Å². The van der Waals surface area contributed by atoms with Gasteiger partial charge in [-0.25, -0.2) is 0 Å². The summed E-state index contributed by atoms with van der Waals surface area (Å²) in [6.45, 7) is 8.23. The Morgan fingerprint density at radius 2 is 2.00 bits per heavy atom. The summed E-state index contributed by atoms with van der Waals surface area (Å²) >= 11 is 11.8.